The van der Waals surface area contributed by atoms with Gasteiger partial charge in [-0.25, -0.2) is 0 Å². The summed E-state index contributed by atoms with van der Waals surface area (Å²) in [5.74, 6) is -0.649. The van der Waals surface area contributed by atoms with Crippen LogP contribution < -0.4 is 5.73 Å². The van der Waals surface area contributed by atoms with E-state index < -0.39 is 5.97 Å². The van der Waals surface area contributed by atoms with Crippen molar-refractivity contribution in [3.05, 3.63) is 29.8 Å². The molecule has 1 rings (SSSR count). The molecule has 4 N–H and O–H groups in total. The molecular formula is C11H17NO3S. The van der Waals surface area contributed by atoms with Crippen LogP contribution in [0, 0.1) is 6.92 Å². The zero-order chi connectivity index (χ0) is 12.4. The molecule has 0 saturated carbocycles. The lowest BCUT2D eigenvalue weighted by molar-refractivity contribution is -0.133. The van der Waals surface area contributed by atoms with Gasteiger partial charge in [0.2, 0.25) is 0 Å². The van der Waals surface area contributed by atoms with E-state index in [1.165, 1.54) is 17.3 Å². The van der Waals surface area contributed by atoms with Crippen LogP contribution >= 0.6 is 11.8 Å². The number of aliphatic carboxylic acids is 1. The topological polar surface area (TPSA) is 83.5 Å². The quantitative estimate of drug-likeness (QED) is 0.690. The van der Waals surface area contributed by atoms with Crippen LogP contribution in [-0.4, -0.2) is 35.1 Å². The predicted molar refractivity (Wildman–Crippen MR) is 65.7 cm³/mol. The van der Waals surface area contributed by atoms with Crippen LogP contribution in [-0.2, 0) is 4.79 Å². The van der Waals surface area contributed by atoms with Gasteiger partial charge in [0.15, 0.2) is 0 Å². The number of hydrogen-bond acceptors (Lipinski definition) is 4. The summed E-state index contributed by atoms with van der Waals surface area (Å²) in [4.78, 5) is 11.2. The summed E-state index contributed by atoms with van der Waals surface area (Å²) in [6.07, 6.45) is 0. The van der Waals surface area contributed by atoms with Crippen LogP contribution in [0.25, 0.3) is 0 Å². The Balaban J connectivity index is 0.000000487. The van der Waals surface area contributed by atoms with Gasteiger partial charge in [-0.2, -0.15) is 0 Å². The number of nitrogens with two attached hydrogens (primary N) is 1. The van der Waals surface area contributed by atoms with E-state index in [-0.39, 0.29) is 12.4 Å². The molecule has 0 aliphatic carbocycles. The van der Waals surface area contributed by atoms with Crippen molar-refractivity contribution in [1.29, 1.82) is 0 Å². The Labute approximate surface area is 99.5 Å². The summed E-state index contributed by atoms with van der Waals surface area (Å²) in [6.45, 7) is 2.48. The van der Waals surface area contributed by atoms with Crippen molar-refractivity contribution < 1.29 is 15.0 Å². The van der Waals surface area contributed by atoms with E-state index in [1.807, 2.05) is 31.2 Å². The standard InChI is InChI=1S/C9H10O2S.C2H7NO/c1-7-2-4-8(5-3-7)12-6-9(10)11;3-1-2-4/h2-5H,6H2,1H3,(H,10,11);4H,1-3H2. The largest absolute Gasteiger partial charge is 0.481 e. The minimum Gasteiger partial charge on any atom is -0.481 e. The first-order valence-corrected chi connectivity index (χ1v) is 5.81. The lowest BCUT2D eigenvalue weighted by atomic mass is 10.2. The molecule has 0 radical (unpaired) electrons. The normalized spacial score (nSPS) is 9.19. The lowest BCUT2D eigenvalue weighted by Crippen LogP contribution is -2.02. The average molecular weight is 243 g/mol. The molecule has 0 bridgehead atoms. The maximum atomic E-state index is 10.2. The summed E-state index contributed by atoms with van der Waals surface area (Å²) >= 11 is 1.34. The molecule has 0 amide bonds. The molecule has 0 aromatic heterocycles. The smallest absolute Gasteiger partial charge is 0.313 e. The molecule has 1 aromatic rings. The van der Waals surface area contributed by atoms with Gasteiger partial charge in [0.25, 0.3) is 0 Å². The van der Waals surface area contributed by atoms with Crippen molar-refractivity contribution in [2.45, 2.75) is 11.8 Å². The highest BCUT2D eigenvalue weighted by molar-refractivity contribution is 8.00. The van der Waals surface area contributed by atoms with Gasteiger partial charge < -0.3 is 15.9 Å². The number of hydrogen-bond donors (Lipinski definition) is 3. The van der Waals surface area contributed by atoms with E-state index in [2.05, 4.69) is 0 Å². The third-order valence-corrected chi connectivity index (χ3v) is 2.51. The highest BCUT2D eigenvalue weighted by Gasteiger charge is 1.98. The maximum Gasteiger partial charge on any atom is 0.313 e. The molecule has 0 saturated heterocycles. The molecule has 0 aliphatic heterocycles. The fraction of sp³-hybridized carbons (Fsp3) is 0.364. The molecule has 0 unspecified atom stereocenters. The number of carboxylic acid groups (broad SMARTS) is 1. The second kappa shape index (κ2) is 9.21. The summed E-state index contributed by atoms with van der Waals surface area (Å²) in [5, 5.41) is 16.2. The first kappa shape index (κ1) is 15.0. The Bertz CT molecular complexity index is 299. The van der Waals surface area contributed by atoms with Crippen LogP contribution in [0.1, 0.15) is 5.56 Å². The van der Waals surface area contributed by atoms with Gasteiger partial charge in [-0.1, -0.05) is 17.7 Å². The minimum atomic E-state index is -0.777. The molecule has 0 spiro atoms. The molecule has 0 heterocycles. The number of aryl methyl sites for hydroxylation is 1. The van der Waals surface area contributed by atoms with Crippen molar-refractivity contribution in [3.63, 3.8) is 0 Å². The molecule has 0 aliphatic rings. The van der Waals surface area contributed by atoms with E-state index in [0.717, 1.165) is 4.90 Å². The van der Waals surface area contributed by atoms with Gasteiger partial charge in [-0.05, 0) is 19.1 Å². The van der Waals surface area contributed by atoms with E-state index in [1.54, 1.807) is 0 Å². The number of thioether (sulfide) groups is 1. The third-order valence-electron chi connectivity index (χ3n) is 1.51. The number of aliphatic hydroxyl groups excluding tert-OH is 1. The van der Waals surface area contributed by atoms with Crippen molar-refractivity contribution in [1.82, 2.24) is 0 Å². The first-order valence-electron chi connectivity index (χ1n) is 4.82. The second-order valence-electron chi connectivity index (χ2n) is 3.01. The van der Waals surface area contributed by atoms with Gasteiger partial charge in [0.1, 0.15) is 0 Å². The molecule has 90 valence electrons. The van der Waals surface area contributed by atoms with E-state index >= 15 is 0 Å². The van der Waals surface area contributed by atoms with Crippen molar-refractivity contribution in [2.75, 3.05) is 18.9 Å². The zero-order valence-electron chi connectivity index (χ0n) is 9.22. The molecular weight excluding hydrogens is 226 g/mol. The SMILES string of the molecule is Cc1ccc(SCC(=O)O)cc1.NCCO. The molecule has 16 heavy (non-hydrogen) atoms. The fourth-order valence-corrected chi connectivity index (χ4v) is 1.40. The zero-order valence-corrected chi connectivity index (χ0v) is 10.0. The Morgan fingerprint density at radius 2 is 1.88 bits per heavy atom. The van der Waals surface area contributed by atoms with Crippen LogP contribution in [0.4, 0.5) is 0 Å². The average Bonchev–Trinajstić information content (AvgIpc) is 2.28. The van der Waals surface area contributed by atoms with Gasteiger partial charge >= 0.3 is 5.97 Å². The van der Waals surface area contributed by atoms with Gasteiger partial charge in [-0.15, -0.1) is 11.8 Å². The number of rotatable bonds is 4. The molecule has 4 nitrogen and oxygen atoms in total. The second-order valence-corrected chi connectivity index (χ2v) is 4.06. The first-order chi connectivity index (χ1) is 7.60. The highest BCUT2D eigenvalue weighted by Crippen LogP contribution is 2.17. The van der Waals surface area contributed by atoms with Crippen molar-refractivity contribution in [2.24, 2.45) is 5.73 Å². The monoisotopic (exact) mass is 243 g/mol. The molecule has 1 aromatic carbocycles. The summed E-state index contributed by atoms with van der Waals surface area (Å²) in [5.41, 5.74) is 5.97. The Hall–Kier alpha value is -1.04. The fourth-order valence-electron chi connectivity index (χ4n) is 0.780. The van der Waals surface area contributed by atoms with Gasteiger partial charge in [-0.3, -0.25) is 4.79 Å². The van der Waals surface area contributed by atoms with Crippen LogP contribution in [0.15, 0.2) is 29.2 Å². The number of carboxylic acids is 1. The maximum absolute atomic E-state index is 10.2. The van der Waals surface area contributed by atoms with E-state index in [0.29, 0.717) is 6.54 Å². The number of aliphatic hydroxyl groups is 1. The van der Waals surface area contributed by atoms with Crippen LogP contribution in [0.2, 0.25) is 0 Å². The molecule has 0 atom stereocenters. The molecule has 0 fully saturated rings. The summed E-state index contributed by atoms with van der Waals surface area (Å²) in [7, 11) is 0. The number of carbonyl (C=O) groups is 1. The minimum absolute atomic E-state index is 0.0972. The Morgan fingerprint density at radius 1 is 1.38 bits per heavy atom. The third kappa shape index (κ3) is 8.28. The predicted octanol–water partition coefficient (Wildman–Crippen LogP) is 1.11. The van der Waals surface area contributed by atoms with Crippen molar-refractivity contribution >= 4 is 17.7 Å². The van der Waals surface area contributed by atoms with Gasteiger partial charge in [0, 0.05) is 11.4 Å². The van der Waals surface area contributed by atoms with E-state index in [4.69, 9.17) is 15.9 Å². The number of benzene rings is 1. The highest BCUT2D eigenvalue weighted by atomic mass is 32.2. The summed E-state index contributed by atoms with van der Waals surface area (Å²) in [6, 6.07) is 7.82. The van der Waals surface area contributed by atoms with Gasteiger partial charge in [0.05, 0.1) is 12.4 Å². The Morgan fingerprint density at radius 3 is 2.25 bits per heavy atom. The van der Waals surface area contributed by atoms with E-state index in [9.17, 15) is 4.79 Å². The van der Waals surface area contributed by atoms with Crippen LogP contribution in [0.5, 0.6) is 0 Å². The van der Waals surface area contributed by atoms with Crippen molar-refractivity contribution in [3.8, 4) is 0 Å². The lowest BCUT2D eigenvalue weighted by Gasteiger charge is -1.97. The molecule has 5 heteroatoms. The Kier molecular flexibility index (Phi) is 8.61. The van der Waals surface area contributed by atoms with Crippen LogP contribution in [0.3, 0.4) is 0 Å². The summed E-state index contributed by atoms with van der Waals surface area (Å²) < 4.78 is 0.